The monoisotopic (exact) mass is 415 g/mol. The molecule has 0 saturated carbocycles. The topological polar surface area (TPSA) is 84.7 Å². The third-order valence-electron chi connectivity index (χ3n) is 4.75. The minimum Gasteiger partial charge on any atom is -0.379 e. The molecule has 152 valence electrons. The van der Waals surface area contributed by atoms with Crippen molar-refractivity contribution >= 4 is 29.3 Å². The number of carbonyl (C=O) groups excluding carboxylic acids is 1. The molecule has 1 unspecified atom stereocenters. The summed E-state index contributed by atoms with van der Waals surface area (Å²) < 4.78 is 5.44. The Morgan fingerprint density at radius 1 is 1.21 bits per heavy atom. The third kappa shape index (κ3) is 5.87. The van der Waals surface area contributed by atoms with Gasteiger partial charge in [0.2, 0.25) is 5.91 Å². The van der Waals surface area contributed by atoms with Crippen LogP contribution in [0.2, 0.25) is 5.02 Å². The van der Waals surface area contributed by atoms with Gasteiger partial charge in [0, 0.05) is 42.9 Å². The highest BCUT2D eigenvalue weighted by Gasteiger charge is 2.24. The van der Waals surface area contributed by atoms with E-state index in [1.807, 2.05) is 24.3 Å². The highest BCUT2D eigenvalue weighted by Crippen LogP contribution is 2.27. The zero-order chi connectivity index (χ0) is 20.6. The Hall–Kier alpha value is -2.74. The lowest BCUT2D eigenvalue weighted by atomic mass is 10.0. The second kappa shape index (κ2) is 10.2. The van der Waals surface area contributed by atoms with Gasteiger partial charge in [0.15, 0.2) is 0 Å². The third-order valence-corrected chi connectivity index (χ3v) is 5.10. The van der Waals surface area contributed by atoms with E-state index in [0.29, 0.717) is 30.3 Å². The standard InChI is InChI=1S/C21H22ClN3O4/c22-19-4-2-1-3-18(19)20(24-11-13-29-14-12-24)15-23-21(26)10-7-16-5-8-17(9-6-16)25(27)28/h1-10,20H,11-15H2,(H,23,26)/b10-7+. The van der Waals surface area contributed by atoms with Gasteiger partial charge < -0.3 is 10.1 Å². The quantitative estimate of drug-likeness (QED) is 0.425. The van der Waals surface area contributed by atoms with Gasteiger partial charge in [-0.25, -0.2) is 0 Å². The first kappa shape index (κ1) is 21.0. The van der Waals surface area contributed by atoms with Crippen LogP contribution < -0.4 is 5.32 Å². The van der Waals surface area contributed by atoms with E-state index in [4.69, 9.17) is 16.3 Å². The number of nitro benzene ring substituents is 1. The number of hydrogen-bond acceptors (Lipinski definition) is 5. The molecular formula is C21H22ClN3O4. The molecule has 1 heterocycles. The highest BCUT2D eigenvalue weighted by molar-refractivity contribution is 6.31. The molecule has 0 aromatic heterocycles. The van der Waals surface area contributed by atoms with Crippen LogP contribution in [0.25, 0.3) is 6.08 Å². The number of nitrogens with one attached hydrogen (secondary N) is 1. The summed E-state index contributed by atoms with van der Waals surface area (Å²) in [5, 5.41) is 14.3. The van der Waals surface area contributed by atoms with Crippen molar-refractivity contribution in [3.05, 3.63) is 80.9 Å². The molecule has 0 bridgehead atoms. The van der Waals surface area contributed by atoms with Crippen LogP contribution in [0.3, 0.4) is 0 Å². The normalized spacial score (nSPS) is 15.9. The molecule has 1 fully saturated rings. The maximum atomic E-state index is 12.3. The number of morpholine rings is 1. The van der Waals surface area contributed by atoms with Crippen molar-refractivity contribution in [2.45, 2.75) is 6.04 Å². The fraction of sp³-hybridized carbons (Fsp3) is 0.286. The van der Waals surface area contributed by atoms with E-state index >= 15 is 0 Å². The van der Waals surface area contributed by atoms with E-state index in [2.05, 4.69) is 10.2 Å². The molecule has 3 rings (SSSR count). The molecule has 1 aliphatic heterocycles. The van der Waals surface area contributed by atoms with Gasteiger partial charge in [-0.05, 0) is 35.4 Å². The van der Waals surface area contributed by atoms with Crippen molar-refractivity contribution in [3.63, 3.8) is 0 Å². The Kier molecular flexibility index (Phi) is 7.35. The number of nitrogens with zero attached hydrogens (tertiary/aromatic N) is 2. The Labute approximate surface area is 174 Å². The van der Waals surface area contributed by atoms with E-state index in [-0.39, 0.29) is 17.6 Å². The number of halogens is 1. The lowest BCUT2D eigenvalue weighted by Crippen LogP contribution is -2.43. The van der Waals surface area contributed by atoms with Crippen molar-refractivity contribution in [1.29, 1.82) is 0 Å². The smallest absolute Gasteiger partial charge is 0.269 e. The van der Waals surface area contributed by atoms with Crippen molar-refractivity contribution in [3.8, 4) is 0 Å². The first-order valence-corrected chi connectivity index (χ1v) is 9.69. The van der Waals surface area contributed by atoms with Crippen molar-refractivity contribution in [1.82, 2.24) is 10.2 Å². The molecule has 7 nitrogen and oxygen atoms in total. The number of amides is 1. The molecule has 2 aromatic carbocycles. The predicted molar refractivity (Wildman–Crippen MR) is 112 cm³/mol. The number of non-ortho nitro benzene ring substituents is 1. The van der Waals surface area contributed by atoms with Crippen LogP contribution in [-0.2, 0) is 9.53 Å². The number of ether oxygens (including phenoxy) is 1. The summed E-state index contributed by atoms with van der Waals surface area (Å²) in [4.78, 5) is 24.8. The van der Waals surface area contributed by atoms with Crippen LogP contribution in [0.5, 0.6) is 0 Å². The first-order valence-electron chi connectivity index (χ1n) is 9.31. The average molecular weight is 416 g/mol. The summed E-state index contributed by atoms with van der Waals surface area (Å²) in [6, 6.07) is 13.6. The van der Waals surface area contributed by atoms with Crippen LogP contribution in [-0.4, -0.2) is 48.6 Å². The molecule has 1 saturated heterocycles. The van der Waals surface area contributed by atoms with Crippen LogP contribution in [0.1, 0.15) is 17.2 Å². The Balaban J connectivity index is 1.64. The van der Waals surface area contributed by atoms with Gasteiger partial charge in [-0.3, -0.25) is 19.8 Å². The molecule has 0 radical (unpaired) electrons. The molecule has 29 heavy (non-hydrogen) atoms. The molecule has 0 aliphatic carbocycles. The highest BCUT2D eigenvalue weighted by atomic mass is 35.5. The van der Waals surface area contributed by atoms with Gasteiger partial charge in [-0.15, -0.1) is 0 Å². The average Bonchev–Trinajstić information content (AvgIpc) is 2.74. The largest absolute Gasteiger partial charge is 0.379 e. The van der Waals surface area contributed by atoms with Gasteiger partial charge in [-0.2, -0.15) is 0 Å². The van der Waals surface area contributed by atoms with Crippen molar-refractivity contribution in [2.75, 3.05) is 32.8 Å². The van der Waals surface area contributed by atoms with E-state index in [1.165, 1.54) is 18.2 Å². The van der Waals surface area contributed by atoms with Crippen LogP contribution in [0, 0.1) is 10.1 Å². The predicted octanol–water partition coefficient (Wildman–Crippen LogP) is 3.45. The Morgan fingerprint density at radius 2 is 1.90 bits per heavy atom. The molecule has 1 aliphatic rings. The fourth-order valence-electron chi connectivity index (χ4n) is 3.21. The van der Waals surface area contributed by atoms with Gasteiger partial charge >= 0.3 is 0 Å². The Morgan fingerprint density at radius 3 is 2.55 bits per heavy atom. The molecule has 8 heteroatoms. The van der Waals surface area contributed by atoms with Gasteiger partial charge in [-0.1, -0.05) is 29.8 Å². The lowest BCUT2D eigenvalue weighted by Gasteiger charge is -2.35. The van der Waals surface area contributed by atoms with Crippen LogP contribution >= 0.6 is 11.6 Å². The second-order valence-corrected chi connectivity index (χ2v) is 7.02. The SMILES string of the molecule is O=C(/C=C/c1ccc([N+](=O)[O-])cc1)NCC(c1ccccc1Cl)N1CCOCC1. The molecule has 1 atom stereocenters. The summed E-state index contributed by atoms with van der Waals surface area (Å²) in [5.74, 6) is -0.242. The summed E-state index contributed by atoms with van der Waals surface area (Å²) in [6.07, 6.45) is 3.04. The van der Waals surface area contributed by atoms with Crippen molar-refractivity contribution in [2.24, 2.45) is 0 Å². The second-order valence-electron chi connectivity index (χ2n) is 6.61. The van der Waals surface area contributed by atoms with Gasteiger partial charge in [0.1, 0.15) is 0 Å². The Bertz CT molecular complexity index is 880. The first-order chi connectivity index (χ1) is 14.0. The number of benzene rings is 2. The number of hydrogen-bond donors (Lipinski definition) is 1. The minimum absolute atomic E-state index is 0.0136. The van der Waals surface area contributed by atoms with Crippen LogP contribution in [0.15, 0.2) is 54.6 Å². The fourth-order valence-corrected chi connectivity index (χ4v) is 3.47. The summed E-state index contributed by atoms with van der Waals surface area (Å²) >= 11 is 6.40. The lowest BCUT2D eigenvalue weighted by molar-refractivity contribution is -0.384. The van der Waals surface area contributed by atoms with Crippen LogP contribution in [0.4, 0.5) is 5.69 Å². The minimum atomic E-state index is -0.458. The molecule has 2 aromatic rings. The summed E-state index contributed by atoms with van der Waals surface area (Å²) in [6.45, 7) is 3.24. The number of rotatable bonds is 7. The van der Waals surface area contributed by atoms with Crippen molar-refractivity contribution < 1.29 is 14.5 Å². The molecule has 0 spiro atoms. The van der Waals surface area contributed by atoms with E-state index in [1.54, 1.807) is 18.2 Å². The zero-order valence-electron chi connectivity index (χ0n) is 15.8. The summed E-state index contributed by atoms with van der Waals surface area (Å²) in [5.41, 5.74) is 1.69. The number of nitro groups is 1. The molecule has 1 N–H and O–H groups in total. The van der Waals surface area contributed by atoms with E-state index < -0.39 is 4.92 Å². The van der Waals surface area contributed by atoms with E-state index in [9.17, 15) is 14.9 Å². The zero-order valence-corrected chi connectivity index (χ0v) is 16.5. The van der Waals surface area contributed by atoms with Gasteiger partial charge in [0.05, 0.1) is 24.2 Å². The van der Waals surface area contributed by atoms with E-state index in [0.717, 1.165) is 18.7 Å². The molecular weight excluding hydrogens is 394 g/mol. The van der Waals surface area contributed by atoms with Gasteiger partial charge in [0.25, 0.3) is 5.69 Å². The maximum Gasteiger partial charge on any atom is 0.269 e. The maximum absolute atomic E-state index is 12.3. The number of carbonyl (C=O) groups is 1. The summed E-state index contributed by atoms with van der Waals surface area (Å²) in [7, 11) is 0. The molecule has 1 amide bonds.